The van der Waals surface area contributed by atoms with Crippen LogP contribution in [-0.4, -0.2) is 69.1 Å². The first-order chi connectivity index (χ1) is 16.5. The van der Waals surface area contributed by atoms with E-state index in [9.17, 15) is 29.7 Å². The van der Waals surface area contributed by atoms with Gasteiger partial charge in [0.05, 0.1) is 6.10 Å². The third-order valence-corrected chi connectivity index (χ3v) is 10.6. The molecular formula is C28H43NO6. The van der Waals surface area contributed by atoms with E-state index in [-0.39, 0.29) is 47.4 Å². The van der Waals surface area contributed by atoms with Gasteiger partial charge in [-0.3, -0.25) is 14.4 Å². The van der Waals surface area contributed by atoms with Gasteiger partial charge in [-0.1, -0.05) is 19.9 Å². The van der Waals surface area contributed by atoms with E-state index < -0.39 is 23.4 Å². The van der Waals surface area contributed by atoms with Crippen LogP contribution in [0.5, 0.6) is 0 Å². The Bertz CT molecular complexity index is 874. The third-order valence-electron chi connectivity index (χ3n) is 10.6. The second kappa shape index (κ2) is 9.71. The van der Waals surface area contributed by atoms with Gasteiger partial charge < -0.3 is 20.2 Å². The molecule has 1 heterocycles. The van der Waals surface area contributed by atoms with Crippen LogP contribution in [-0.2, 0) is 14.4 Å². The lowest BCUT2D eigenvalue weighted by atomic mass is 9.44. The lowest BCUT2D eigenvalue weighted by molar-refractivity contribution is -0.180. The number of fused-ring (bicyclic) bond motifs is 5. The summed E-state index contributed by atoms with van der Waals surface area (Å²) in [5, 5.41) is 30.6. The lowest BCUT2D eigenvalue weighted by Gasteiger charge is -2.60. The summed E-state index contributed by atoms with van der Waals surface area (Å²) < 4.78 is 0. The van der Waals surface area contributed by atoms with Gasteiger partial charge in [-0.2, -0.15) is 0 Å². The van der Waals surface area contributed by atoms with Gasteiger partial charge in [-0.05, 0) is 74.5 Å². The monoisotopic (exact) mass is 489 g/mol. The number of ketones is 2. The van der Waals surface area contributed by atoms with Crippen LogP contribution in [0.25, 0.3) is 0 Å². The summed E-state index contributed by atoms with van der Waals surface area (Å²) in [6.45, 7) is 8.67. The van der Waals surface area contributed by atoms with Crippen LogP contribution in [0.2, 0.25) is 0 Å². The topological polar surface area (TPSA) is 115 Å². The summed E-state index contributed by atoms with van der Waals surface area (Å²) in [6.07, 6.45) is 8.99. The van der Waals surface area contributed by atoms with Crippen molar-refractivity contribution in [2.45, 2.75) is 89.8 Å². The highest BCUT2D eigenvalue weighted by Crippen LogP contribution is 2.67. The maximum absolute atomic E-state index is 13.4. The number of rotatable bonds is 4. The number of aliphatic hydroxyl groups is 3. The average molecular weight is 490 g/mol. The molecule has 7 heteroatoms. The normalized spacial score (nSPS) is 44.6. The molecule has 0 bridgehead atoms. The number of carbonyl (C=O) groups is 3. The number of likely N-dealkylation sites (tertiary alicyclic amines) is 1. The molecule has 5 rings (SSSR count). The Balaban J connectivity index is 0.000000271. The molecule has 5 fully saturated rings. The number of amides is 1. The van der Waals surface area contributed by atoms with Crippen molar-refractivity contribution in [1.29, 1.82) is 0 Å². The van der Waals surface area contributed by atoms with E-state index in [1.807, 2.05) is 11.8 Å². The molecule has 1 aliphatic heterocycles. The first-order valence-corrected chi connectivity index (χ1v) is 13.5. The van der Waals surface area contributed by atoms with Crippen molar-refractivity contribution in [2.24, 2.45) is 34.5 Å². The Morgan fingerprint density at radius 3 is 2.54 bits per heavy atom. The SMILES string of the molecule is C=CCN1CCCC1=O.C[C@]12CC[C@@H](O)C[C@H]1CC[C@@H]1[C@@H]2C(=O)C[C@@]2(C)[C@H]1CC[C@]2(O)C(=O)CO. The molecule has 1 amide bonds. The Morgan fingerprint density at radius 1 is 1.17 bits per heavy atom. The Labute approximate surface area is 209 Å². The highest BCUT2D eigenvalue weighted by molar-refractivity contribution is 5.92. The van der Waals surface area contributed by atoms with Gasteiger partial charge >= 0.3 is 0 Å². The Hall–Kier alpha value is -1.57. The Kier molecular flexibility index (Phi) is 7.35. The fourth-order valence-corrected chi connectivity index (χ4v) is 8.70. The van der Waals surface area contributed by atoms with Crippen LogP contribution < -0.4 is 0 Å². The van der Waals surface area contributed by atoms with Gasteiger partial charge in [0.2, 0.25) is 5.91 Å². The molecule has 0 aromatic heterocycles. The molecule has 35 heavy (non-hydrogen) atoms. The molecule has 3 N–H and O–H groups in total. The van der Waals surface area contributed by atoms with Crippen LogP contribution in [0.1, 0.15) is 78.1 Å². The van der Waals surface area contributed by atoms with E-state index in [4.69, 9.17) is 0 Å². The van der Waals surface area contributed by atoms with E-state index in [1.165, 1.54) is 0 Å². The number of aliphatic hydroxyl groups excluding tert-OH is 2. The van der Waals surface area contributed by atoms with Crippen molar-refractivity contribution in [3.05, 3.63) is 12.7 Å². The van der Waals surface area contributed by atoms with Crippen molar-refractivity contribution < 1.29 is 29.7 Å². The minimum Gasteiger partial charge on any atom is -0.393 e. The van der Waals surface area contributed by atoms with Gasteiger partial charge in [0.25, 0.3) is 0 Å². The van der Waals surface area contributed by atoms with Crippen LogP contribution in [0.4, 0.5) is 0 Å². The number of nitrogens with zero attached hydrogens (tertiary/aromatic N) is 1. The fourth-order valence-electron chi connectivity index (χ4n) is 8.70. The Morgan fingerprint density at radius 2 is 1.91 bits per heavy atom. The second-order valence-electron chi connectivity index (χ2n) is 12.2. The first-order valence-electron chi connectivity index (χ1n) is 13.5. The van der Waals surface area contributed by atoms with Crippen molar-refractivity contribution in [2.75, 3.05) is 19.7 Å². The molecule has 0 aromatic rings. The highest BCUT2D eigenvalue weighted by atomic mass is 16.3. The van der Waals surface area contributed by atoms with E-state index in [2.05, 4.69) is 13.5 Å². The van der Waals surface area contributed by atoms with Gasteiger partial charge in [0.15, 0.2) is 5.78 Å². The van der Waals surface area contributed by atoms with Gasteiger partial charge in [0, 0.05) is 37.3 Å². The first kappa shape index (κ1) is 26.5. The molecule has 1 saturated heterocycles. The summed E-state index contributed by atoms with van der Waals surface area (Å²) in [6, 6.07) is 0. The quantitative estimate of drug-likeness (QED) is 0.523. The maximum Gasteiger partial charge on any atom is 0.222 e. The number of hydrogen-bond donors (Lipinski definition) is 3. The molecule has 8 atom stereocenters. The summed E-state index contributed by atoms with van der Waals surface area (Å²) in [5.41, 5.74) is -2.40. The fraction of sp³-hybridized carbons (Fsp3) is 0.821. The maximum atomic E-state index is 13.4. The molecule has 4 aliphatic carbocycles. The predicted molar refractivity (Wildman–Crippen MR) is 131 cm³/mol. The summed E-state index contributed by atoms with van der Waals surface area (Å²) in [4.78, 5) is 38.4. The van der Waals surface area contributed by atoms with Gasteiger partial charge in [-0.25, -0.2) is 0 Å². The van der Waals surface area contributed by atoms with E-state index in [1.54, 1.807) is 6.08 Å². The van der Waals surface area contributed by atoms with Crippen LogP contribution in [0.3, 0.4) is 0 Å². The van der Waals surface area contributed by atoms with Crippen molar-refractivity contribution in [3.8, 4) is 0 Å². The van der Waals surface area contributed by atoms with Crippen molar-refractivity contribution in [1.82, 2.24) is 4.90 Å². The minimum atomic E-state index is -1.58. The molecule has 196 valence electrons. The number of hydrogen-bond acceptors (Lipinski definition) is 6. The smallest absolute Gasteiger partial charge is 0.222 e. The van der Waals surface area contributed by atoms with E-state index in [0.717, 1.165) is 64.5 Å². The molecule has 5 aliphatic rings. The number of Topliss-reactive ketones (excluding diaryl/α,β-unsaturated/α-hetero) is 2. The molecule has 0 aromatic carbocycles. The third kappa shape index (κ3) is 4.21. The minimum absolute atomic E-state index is 0.0154. The molecule has 0 radical (unpaired) electrons. The van der Waals surface area contributed by atoms with Crippen LogP contribution in [0, 0.1) is 34.5 Å². The van der Waals surface area contributed by atoms with Crippen LogP contribution in [0.15, 0.2) is 12.7 Å². The summed E-state index contributed by atoms with van der Waals surface area (Å²) in [5.74, 6) is 0.653. The molecule has 7 nitrogen and oxygen atoms in total. The zero-order chi connectivity index (χ0) is 25.6. The molecule has 4 saturated carbocycles. The second-order valence-corrected chi connectivity index (χ2v) is 12.2. The lowest BCUT2D eigenvalue weighted by Crippen LogP contribution is -2.62. The zero-order valence-corrected chi connectivity index (χ0v) is 21.4. The molecule has 0 spiro atoms. The molecular weight excluding hydrogens is 446 g/mol. The largest absolute Gasteiger partial charge is 0.393 e. The number of carbonyl (C=O) groups excluding carboxylic acids is 3. The summed E-state index contributed by atoms with van der Waals surface area (Å²) in [7, 11) is 0. The standard InChI is InChI=1S/C21H32O5.C7H11NO/c1-19-7-5-13(23)9-12(19)3-4-14-15-6-8-21(26,17(25)11-22)20(15,2)10-16(24)18(14)19;1-2-5-8-6-3-4-7(8)9/h12-15,18,22-23,26H,3-11H2,1-2H3;2H,1,3-6H2/t12-,13-,14+,15+,18-,19+,20+,21+;/m1./s1. The average Bonchev–Trinajstić information content (AvgIpc) is 3.34. The van der Waals surface area contributed by atoms with E-state index >= 15 is 0 Å². The van der Waals surface area contributed by atoms with Gasteiger partial charge in [0.1, 0.15) is 18.0 Å². The summed E-state index contributed by atoms with van der Waals surface area (Å²) >= 11 is 0. The highest BCUT2D eigenvalue weighted by Gasteiger charge is 2.68. The predicted octanol–water partition coefficient (Wildman–Crippen LogP) is 2.66. The zero-order valence-electron chi connectivity index (χ0n) is 21.4. The van der Waals surface area contributed by atoms with Crippen molar-refractivity contribution >= 4 is 17.5 Å². The molecule has 0 unspecified atom stereocenters. The van der Waals surface area contributed by atoms with Gasteiger partial charge in [-0.15, -0.1) is 6.58 Å². The van der Waals surface area contributed by atoms with Crippen molar-refractivity contribution in [3.63, 3.8) is 0 Å². The van der Waals surface area contributed by atoms with Crippen LogP contribution >= 0.6 is 0 Å². The van der Waals surface area contributed by atoms with E-state index in [0.29, 0.717) is 12.3 Å².